The Kier molecular flexibility index (Phi) is 3.38. The van der Waals surface area contributed by atoms with Gasteiger partial charge in [0.2, 0.25) is 0 Å². The smallest absolute Gasteiger partial charge is 0.122 e. The first-order chi connectivity index (χ1) is 7.02. The lowest BCUT2D eigenvalue weighted by Crippen LogP contribution is -2.17. The third kappa shape index (κ3) is 1.97. The number of nitrogens with zero attached hydrogens (tertiary/aromatic N) is 2. The maximum absolute atomic E-state index is 8.95. The van der Waals surface area contributed by atoms with E-state index >= 15 is 0 Å². The number of ether oxygens (including phenoxy) is 1. The summed E-state index contributed by atoms with van der Waals surface area (Å²) in [6.45, 7) is 6.53. The molecule has 0 aliphatic heterocycles. The molecular weight excluding hydrogens is 190 g/mol. The van der Waals surface area contributed by atoms with Crippen LogP contribution in [0, 0.1) is 25.2 Å². The largest absolute Gasteiger partial charge is 0.384 e. The molecule has 0 radical (unpaired) electrons. The molecule has 0 aromatic carbocycles. The predicted octanol–water partition coefficient (Wildman–Crippen LogP) is 1.59. The Hall–Kier alpha value is -1.47. The van der Waals surface area contributed by atoms with E-state index in [2.05, 4.69) is 6.07 Å². The Labute approximate surface area is 90.3 Å². The van der Waals surface area contributed by atoms with Gasteiger partial charge in [-0.15, -0.1) is 0 Å². The maximum Gasteiger partial charge on any atom is 0.122 e. The van der Waals surface area contributed by atoms with Gasteiger partial charge < -0.3 is 15.0 Å². The van der Waals surface area contributed by atoms with E-state index in [1.54, 1.807) is 7.11 Å². The summed E-state index contributed by atoms with van der Waals surface area (Å²) in [5.41, 5.74) is 8.47. The molecule has 0 fully saturated rings. The van der Waals surface area contributed by atoms with Crippen molar-refractivity contribution in [3.8, 4) is 6.07 Å². The summed E-state index contributed by atoms with van der Waals surface area (Å²) in [7, 11) is 1.66. The molecule has 0 saturated carbocycles. The van der Waals surface area contributed by atoms with E-state index in [1.165, 1.54) is 0 Å². The number of hydrogen-bond acceptors (Lipinski definition) is 3. The number of rotatable bonds is 3. The van der Waals surface area contributed by atoms with E-state index in [1.807, 2.05) is 25.3 Å². The van der Waals surface area contributed by atoms with Gasteiger partial charge in [0.1, 0.15) is 11.9 Å². The van der Waals surface area contributed by atoms with E-state index in [9.17, 15) is 0 Å². The minimum Gasteiger partial charge on any atom is -0.384 e. The van der Waals surface area contributed by atoms with Crippen LogP contribution >= 0.6 is 0 Å². The molecule has 1 aromatic rings. The van der Waals surface area contributed by atoms with Crippen molar-refractivity contribution in [1.82, 2.24) is 4.57 Å². The van der Waals surface area contributed by atoms with Crippen molar-refractivity contribution in [3.63, 3.8) is 0 Å². The number of nitrogens with two attached hydrogens (primary N) is 1. The lowest BCUT2D eigenvalue weighted by Gasteiger charge is -2.14. The van der Waals surface area contributed by atoms with Crippen LogP contribution in [-0.4, -0.2) is 17.8 Å². The first-order valence-electron chi connectivity index (χ1n) is 4.91. The molecule has 2 N–H and O–H groups in total. The van der Waals surface area contributed by atoms with Gasteiger partial charge >= 0.3 is 0 Å². The fraction of sp³-hybridized carbons (Fsp3) is 0.545. The summed E-state index contributed by atoms with van der Waals surface area (Å²) >= 11 is 0. The first-order valence-corrected chi connectivity index (χ1v) is 4.91. The number of anilines is 1. The fourth-order valence-corrected chi connectivity index (χ4v) is 1.60. The zero-order valence-electron chi connectivity index (χ0n) is 9.66. The highest BCUT2D eigenvalue weighted by atomic mass is 16.5. The second kappa shape index (κ2) is 4.37. The van der Waals surface area contributed by atoms with Gasteiger partial charge in [0.05, 0.1) is 18.2 Å². The summed E-state index contributed by atoms with van der Waals surface area (Å²) < 4.78 is 7.12. The minimum absolute atomic E-state index is 0.0874. The summed E-state index contributed by atoms with van der Waals surface area (Å²) in [6, 6.07) is 2.13. The maximum atomic E-state index is 8.95. The standard InChI is InChI=1S/C11H17N3O/c1-7(15-4)6-14-9(3)8(2)10(5-12)11(14)13/h7H,6,13H2,1-4H3. The highest BCUT2D eigenvalue weighted by Gasteiger charge is 2.16. The molecule has 1 unspecified atom stereocenters. The second-order valence-corrected chi connectivity index (χ2v) is 3.74. The van der Waals surface area contributed by atoms with E-state index in [4.69, 9.17) is 15.7 Å². The first kappa shape index (κ1) is 11.6. The van der Waals surface area contributed by atoms with Crippen LogP contribution < -0.4 is 5.73 Å². The Balaban J connectivity index is 3.15. The van der Waals surface area contributed by atoms with Crippen molar-refractivity contribution in [2.24, 2.45) is 0 Å². The van der Waals surface area contributed by atoms with Crippen molar-refractivity contribution in [1.29, 1.82) is 5.26 Å². The summed E-state index contributed by atoms with van der Waals surface area (Å²) in [5.74, 6) is 0.538. The Morgan fingerprint density at radius 2 is 2.13 bits per heavy atom. The van der Waals surface area contributed by atoms with Crippen LogP contribution in [0.3, 0.4) is 0 Å². The number of nitrogen functional groups attached to an aromatic ring is 1. The van der Waals surface area contributed by atoms with Crippen LogP contribution in [0.1, 0.15) is 23.7 Å². The fourth-order valence-electron chi connectivity index (χ4n) is 1.60. The monoisotopic (exact) mass is 207 g/mol. The Morgan fingerprint density at radius 3 is 2.53 bits per heavy atom. The molecule has 4 nitrogen and oxygen atoms in total. The predicted molar refractivity (Wildman–Crippen MR) is 59.5 cm³/mol. The van der Waals surface area contributed by atoms with Crippen LogP contribution in [-0.2, 0) is 11.3 Å². The van der Waals surface area contributed by atoms with E-state index < -0.39 is 0 Å². The summed E-state index contributed by atoms with van der Waals surface area (Å²) in [5, 5.41) is 8.95. The van der Waals surface area contributed by atoms with Crippen LogP contribution in [0.25, 0.3) is 0 Å². The molecule has 1 atom stereocenters. The van der Waals surface area contributed by atoms with Crippen LogP contribution in [0.2, 0.25) is 0 Å². The van der Waals surface area contributed by atoms with Crippen LogP contribution in [0.5, 0.6) is 0 Å². The highest BCUT2D eigenvalue weighted by Crippen LogP contribution is 2.23. The highest BCUT2D eigenvalue weighted by molar-refractivity contribution is 5.57. The third-order valence-corrected chi connectivity index (χ3v) is 2.82. The lowest BCUT2D eigenvalue weighted by molar-refractivity contribution is 0.103. The molecule has 0 spiro atoms. The molecule has 1 heterocycles. The van der Waals surface area contributed by atoms with E-state index in [0.29, 0.717) is 17.9 Å². The molecule has 0 saturated heterocycles. The second-order valence-electron chi connectivity index (χ2n) is 3.74. The Bertz CT molecular complexity index is 401. The topological polar surface area (TPSA) is 64.0 Å². The van der Waals surface area contributed by atoms with Gasteiger partial charge in [0, 0.05) is 12.8 Å². The number of hydrogen-bond donors (Lipinski definition) is 1. The summed E-state index contributed by atoms with van der Waals surface area (Å²) in [4.78, 5) is 0. The van der Waals surface area contributed by atoms with Crippen molar-refractivity contribution in [2.75, 3.05) is 12.8 Å². The molecule has 1 aromatic heterocycles. The quantitative estimate of drug-likeness (QED) is 0.818. The lowest BCUT2D eigenvalue weighted by atomic mass is 10.2. The Morgan fingerprint density at radius 1 is 1.53 bits per heavy atom. The van der Waals surface area contributed by atoms with E-state index in [0.717, 1.165) is 11.3 Å². The number of aromatic nitrogens is 1. The zero-order chi connectivity index (χ0) is 11.6. The molecule has 15 heavy (non-hydrogen) atoms. The molecular formula is C11H17N3O. The van der Waals surface area contributed by atoms with Gasteiger partial charge in [-0.05, 0) is 26.3 Å². The van der Waals surface area contributed by atoms with Gasteiger partial charge in [0.25, 0.3) is 0 Å². The molecule has 0 amide bonds. The van der Waals surface area contributed by atoms with E-state index in [-0.39, 0.29) is 6.10 Å². The molecule has 1 rings (SSSR count). The van der Waals surface area contributed by atoms with Crippen molar-refractivity contribution in [2.45, 2.75) is 33.4 Å². The van der Waals surface area contributed by atoms with Crippen molar-refractivity contribution >= 4 is 5.82 Å². The molecule has 0 bridgehead atoms. The van der Waals surface area contributed by atoms with Gasteiger partial charge in [-0.1, -0.05) is 0 Å². The van der Waals surface area contributed by atoms with Crippen LogP contribution in [0.4, 0.5) is 5.82 Å². The average Bonchev–Trinajstić information content (AvgIpc) is 2.42. The normalized spacial score (nSPS) is 12.5. The number of nitriles is 1. The van der Waals surface area contributed by atoms with Gasteiger partial charge in [-0.25, -0.2) is 0 Å². The minimum atomic E-state index is 0.0874. The van der Waals surface area contributed by atoms with Crippen molar-refractivity contribution in [3.05, 3.63) is 16.8 Å². The average molecular weight is 207 g/mol. The zero-order valence-corrected chi connectivity index (χ0v) is 9.66. The number of methoxy groups -OCH3 is 1. The third-order valence-electron chi connectivity index (χ3n) is 2.82. The van der Waals surface area contributed by atoms with Crippen molar-refractivity contribution < 1.29 is 4.74 Å². The molecule has 82 valence electrons. The van der Waals surface area contributed by atoms with Gasteiger partial charge in [0.15, 0.2) is 0 Å². The summed E-state index contributed by atoms with van der Waals surface area (Å²) in [6.07, 6.45) is 0.0874. The van der Waals surface area contributed by atoms with Gasteiger partial charge in [-0.2, -0.15) is 5.26 Å². The molecule has 0 aliphatic carbocycles. The molecule has 0 aliphatic rings. The van der Waals surface area contributed by atoms with Gasteiger partial charge in [-0.3, -0.25) is 0 Å². The SMILES string of the molecule is COC(C)Cn1c(C)c(C)c(C#N)c1N. The van der Waals surface area contributed by atoms with Crippen LogP contribution in [0.15, 0.2) is 0 Å². The molecule has 4 heteroatoms.